The molecular weight excluding hydrogens is 256 g/mol. The van der Waals surface area contributed by atoms with Crippen molar-refractivity contribution in [3.63, 3.8) is 0 Å². The Labute approximate surface area is 119 Å². The van der Waals surface area contributed by atoms with E-state index in [9.17, 15) is 9.90 Å². The molecule has 2 nitrogen and oxygen atoms in total. The van der Waals surface area contributed by atoms with Gasteiger partial charge < -0.3 is 5.11 Å². The highest BCUT2D eigenvalue weighted by atomic mass is 32.2. The highest BCUT2D eigenvalue weighted by molar-refractivity contribution is 8.14. The van der Waals surface area contributed by atoms with Crippen LogP contribution in [0.3, 0.4) is 0 Å². The molecule has 0 aliphatic heterocycles. The van der Waals surface area contributed by atoms with Gasteiger partial charge in [-0.25, -0.2) is 0 Å². The van der Waals surface area contributed by atoms with Crippen LogP contribution in [0.1, 0.15) is 33.3 Å². The highest BCUT2D eigenvalue weighted by Crippen LogP contribution is 2.28. The van der Waals surface area contributed by atoms with Crippen LogP contribution in [-0.4, -0.2) is 21.1 Å². The molecule has 0 aliphatic carbocycles. The van der Waals surface area contributed by atoms with Crippen molar-refractivity contribution in [2.24, 2.45) is 5.92 Å². The van der Waals surface area contributed by atoms with Crippen molar-refractivity contribution in [3.8, 4) is 0 Å². The minimum Gasteiger partial charge on any atom is -0.388 e. The van der Waals surface area contributed by atoms with Gasteiger partial charge in [0.25, 0.3) is 0 Å². The normalized spacial score (nSPS) is 15.4. The second-order valence-corrected chi connectivity index (χ2v) is 7.41. The lowest BCUT2D eigenvalue weighted by molar-refractivity contribution is -0.116. The van der Waals surface area contributed by atoms with E-state index in [1.807, 2.05) is 57.2 Å². The van der Waals surface area contributed by atoms with Crippen LogP contribution >= 0.6 is 11.8 Å². The molecule has 0 spiro atoms. The van der Waals surface area contributed by atoms with Crippen molar-refractivity contribution < 1.29 is 9.90 Å². The summed E-state index contributed by atoms with van der Waals surface area (Å²) in [6, 6.07) is 9.74. The topological polar surface area (TPSA) is 37.3 Å². The van der Waals surface area contributed by atoms with Crippen LogP contribution in [0.5, 0.6) is 0 Å². The molecule has 0 radical (unpaired) electrons. The summed E-state index contributed by atoms with van der Waals surface area (Å²) in [5, 5.41) is 10.1. The molecule has 3 heteroatoms. The van der Waals surface area contributed by atoms with Crippen LogP contribution in [0.25, 0.3) is 6.08 Å². The van der Waals surface area contributed by atoms with Gasteiger partial charge in [0.15, 0.2) is 5.12 Å². The number of thioether (sulfide) groups is 1. The Morgan fingerprint density at radius 1 is 1.26 bits per heavy atom. The number of hydrogen-bond acceptors (Lipinski definition) is 3. The highest BCUT2D eigenvalue weighted by Gasteiger charge is 2.25. The average Bonchev–Trinajstić information content (AvgIpc) is 2.34. The third kappa shape index (κ3) is 6.08. The first kappa shape index (κ1) is 16.0. The molecule has 19 heavy (non-hydrogen) atoms. The molecule has 1 aromatic rings. The Morgan fingerprint density at radius 3 is 2.37 bits per heavy atom. The maximum Gasteiger partial charge on any atom is 0.195 e. The van der Waals surface area contributed by atoms with Gasteiger partial charge >= 0.3 is 0 Å². The molecule has 0 saturated carbocycles. The molecule has 0 amide bonds. The summed E-state index contributed by atoms with van der Waals surface area (Å²) in [6.07, 6.45) is 2.78. The van der Waals surface area contributed by atoms with Crippen LogP contribution in [-0.2, 0) is 4.79 Å². The zero-order valence-electron chi connectivity index (χ0n) is 12.0. The standard InChI is InChI=1S/C16H22O2S/c1-12(15(18)19-16(2,3)4)14(17)11-10-13-8-6-5-7-9-13/h5-12,14,17H,1-4H3/b11-10+. The van der Waals surface area contributed by atoms with Crippen molar-refractivity contribution in [2.45, 2.75) is 38.5 Å². The Balaban J connectivity index is 2.60. The van der Waals surface area contributed by atoms with E-state index in [4.69, 9.17) is 0 Å². The minimum atomic E-state index is -0.748. The van der Waals surface area contributed by atoms with Gasteiger partial charge in [0.2, 0.25) is 0 Å². The quantitative estimate of drug-likeness (QED) is 0.911. The number of benzene rings is 1. The maximum atomic E-state index is 12.0. The lowest BCUT2D eigenvalue weighted by atomic mass is 10.1. The molecule has 0 aromatic heterocycles. The summed E-state index contributed by atoms with van der Waals surface area (Å²) in [5.41, 5.74) is 1.02. The number of carbonyl (C=O) groups excluding carboxylic acids is 1. The first-order valence-electron chi connectivity index (χ1n) is 6.44. The monoisotopic (exact) mass is 278 g/mol. The minimum absolute atomic E-state index is 0.0257. The molecule has 0 fully saturated rings. The predicted molar refractivity (Wildman–Crippen MR) is 83.0 cm³/mol. The van der Waals surface area contributed by atoms with E-state index < -0.39 is 12.0 Å². The van der Waals surface area contributed by atoms with Gasteiger partial charge in [-0.05, 0) is 5.56 Å². The van der Waals surface area contributed by atoms with Gasteiger partial charge in [-0.3, -0.25) is 4.79 Å². The smallest absolute Gasteiger partial charge is 0.195 e. The largest absolute Gasteiger partial charge is 0.388 e. The van der Waals surface area contributed by atoms with Crippen molar-refractivity contribution in [2.75, 3.05) is 0 Å². The Bertz CT molecular complexity index is 432. The molecule has 2 unspecified atom stereocenters. The Kier molecular flexibility index (Phi) is 5.83. The van der Waals surface area contributed by atoms with E-state index in [-0.39, 0.29) is 9.86 Å². The van der Waals surface area contributed by atoms with Crippen LogP contribution in [0.4, 0.5) is 0 Å². The average molecular weight is 278 g/mol. The number of aliphatic hydroxyl groups is 1. The zero-order valence-corrected chi connectivity index (χ0v) is 12.8. The number of hydrogen-bond donors (Lipinski definition) is 1. The van der Waals surface area contributed by atoms with Gasteiger partial charge in [0.05, 0.1) is 12.0 Å². The fourth-order valence-electron chi connectivity index (χ4n) is 1.47. The van der Waals surface area contributed by atoms with E-state index in [1.54, 1.807) is 13.0 Å². The van der Waals surface area contributed by atoms with Crippen molar-refractivity contribution in [1.29, 1.82) is 0 Å². The van der Waals surface area contributed by atoms with Crippen LogP contribution in [0, 0.1) is 5.92 Å². The van der Waals surface area contributed by atoms with Gasteiger partial charge in [-0.15, -0.1) is 0 Å². The summed E-state index contributed by atoms with van der Waals surface area (Å²) < 4.78 is -0.117. The second kappa shape index (κ2) is 6.92. The molecule has 1 aromatic carbocycles. The first-order chi connectivity index (χ1) is 8.79. The van der Waals surface area contributed by atoms with E-state index in [1.165, 1.54) is 11.8 Å². The number of aliphatic hydroxyl groups excluding tert-OH is 1. The number of carbonyl (C=O) groups is 1. The van der Waals surface area contributed by atoms with Crippen molar-refractivity contribution in [3.05, 3.63) is 42.0 Å². The van der Waals surface area contributed by atoms with E-state index in [0.29, 0.717) is 0 Å². The Morgan fingerprint density at radius 2 is 1.84 bits per heavy atom. The third-order valence-corrected chi connectivity index (χ3v) is 3.76. The molecule has 1 rings (SSSR count). The SMILES string of the molecule is CC(C(=O)SC(C)(C)C)C(O)/C=C/c1ccccc1. The molecular formula is C16H22O2S. The summed E-state index contributed by atoms with van der Waals surface area (Å²) in [7, 11) is 0. The van der Waals surface area contributed by atoms with Crippen molar-refractivity contribution in [1.82, 2.24) is 0 Å². The lowest BCUT2D eigenvalue weighted by Gasteiger charge is -2.20. The molecule has 0 aliphatic rings. The fraction of sp³-hybridized carbons (Fsp3) is 0.438. The van der Waals surface area contributed by atoms with Crippen LogP contribution in [0.2, 0.25) is 0 Å². The summed E-state index contributed by atoms with van der Waals surface area (Å²) in [6.45, 7) is 7.75. The number of rotatable bonds is 4. The Hall–Kier alpha value is -1.06. The fourth-order valence-corrected chi connectivity index (χ4v) is 2.40. The molecule has 1 N–H and O–H groups in total. The molecule has 104 valence electrons. The maximum absolute atomic E-state index is 12.0. The van der Waals surface area contributed by atoms with Gasteiger partial charge in [-0.1, -0.05) is 81.9 Å². The summed E-state index contributed by atoms with van der Waals surface area (Å²) >= 11 is 1.28. The van der Waals surface area contributed by atoms with E-state index in [2.05, 4.69) is 0 Å². The summed E-state index contributed by atoms with van der Waals surface area (Å²) in [5.74, 6) is -0.399. The van der Waals surface area contributed by atoms with E-state index >= 15 is 0 Å². The second-order valence-electron chi connectivity index (χ2n) is 5.58. The van der Waals surface area contributed by atoms with Crippen LogP contribution < -0.4 is 0 Å². The van der Waals surface area contributed by atoms with Crippen LogP contribution in [0.15, 0.2) is 36.4 Å². The molecule has 0 bridgehead atoms. The van der Waals surface area contributed by atoms with Gasteiger partial charge in [-0.2, -0.15) is 0 Å². The van der Waals surface area contributed by atoms with Crippen molar-refractivity contribution >= 4 is 23.0 Å². The van der Waals surface area contributed by atoms with E-state index in [0.717, 1.165) is 5.56 Å². The van der Waals surface area contributed by atoms with Gasteiger partial charge in [0, 0.05) is 4.75 Å². The third-order valence-electron chi connectivity index (χ3n) is 2.58. The van der Waals surface area contributed by atoms with Gasteiger partial charge in [0.1, 0.15) is 0 Å². The molecule has 0 heterocycles. The zero-order chi connectivity index (χ0) is 14.5. The first-order valence-corrected chi connectivity index (χ1v) is 7.25. The predicted octanol–water partition coefficient (Wildman–Crippen LogP) is 3.76. The molecule has 0 saturated heterocycles. The lowest BCUT2D eigenvalue weighted by Crippen LogP contribution is -2.25. The summed E-state index contributed by atoms with van der Waals surface area (Å²) in [4.78, 5) is 12.0. The molecule has 2 atom stereocenters.